The highest BCUT2D eigenvalue weighted by molar-refractivity contribution is 7.99. The van der Waals surface area contributed by atoms with Crippen LogP contribution in [0.2, 0.25) is 5.02 Å². The highest BCUT2D eigenvalue weighted by Crippen LogP contribution is 2.16. The second-order valence-electron chi connectivity index (χ2n) is 4.63. The molecule has 3 nitrogen and oxygen atoms in total. The molecule has 0 fully saturated rings. The third-order valence-electron chi connectivity index (χ3n) is 2.50. The van der Waals surface area contributed by atoms with Crippen molar-refractivity contribution in [2.75, 3.05) is 32.9 Å². The lowest BCUT2D eigenvalue weighted by molar-refractivity contribution is -0.118. The number of rotatable bonds is 8. The average Bonchev–Trinajstić information content (AvgIpc) is 2.34. The molecule has 0 atom stereocenters. The van der Waals surface area contributed by atoms with Gasteiger partial charge in [-0.05, 0) is 44.8 Å². The van der Waals surface area contributed by atoms with Gasteiger partial charge in [0.15, 0.2) is 0 Å². The summed E-state index contributed by atoms with van der Waals surface area (Å²) in [6, 6.07) is 7.74. The van der Waals surface area contributed by atoms with E-state index in [-0.39, 0.29) is 5.91 Å². The average molecular weight is 301 g/mol. The van der Waals surface area contributed by atoms with Crippen LogP contribution in [-0.4, -0.2) is 43.7 Å². The van der Waals surface area contributed by atoms with Crippen molar-refractivity contribution in [1.82, 2.24) is 10.2 Å². The van der Waals surface area contributed by atoms with Crippen molar-refractivity contribution in [2.24, 2.45) is 0 Å². The van der Waals surface area contributed by atoms with Crippen molar-refractivity contribution in [3.8, 4) is 0 Å². The maximum absolute atomic E-state index is 11.6. The molecular formula is C14H21ClN2OS. The van der Waals surface area contributed by atoms with E-state index in [1.165, 1.54) is 0 Å². The third kappa shape index (κ3) is 8.14. The van der Waals surface area contributed by atoms with E-state index in [0.29, 0.717) is 5.75 Å². The number of amides is 1. The van der Waals surface area contributed by atoms with Crippen molar-refractivity contribution in [2.45, 2.75) is 12.2 Å². The van der Waals surface area contributed by atoms with Gasteiger partial charge in [0, 0.05) is 17.3 Å². The number of nitrogens with one attached hydrogen (secondary N) is 1. The Hall–Kier alpha value is -0.710. The molecule has 0 aliphatic rings. The number of hydrogen-bond donors (Lipinski definition) is 1. The maximum Gasteiger partial charge on any atom is 0.230 e. The van der Waals surface area contributed by atoms with Crippen LogP contribution in [0.4, 0.5) is 0 Å². The van der Waals surface area contributed by atoms with Crippen LogP contribution in [0.25, 0.3) is 0 Å². The van der Waals surface area contributed by atoms with Crippen LogP contribution in [0.5, 0.6) is 0 Å². The first-order valence-corrected chi connectivity index (χ1v) is 7.85. The van der Waals surface area contributed by atoms with Crippen molar-refractivity contribution >= 4 is 29.3 Å². The van der Waals surface area contributed by atoms with Gasteiger partial charge >= 0.3 is 0 Å². The monoisotopic (exact) mass is 300 g/mol. The Balaban J connectivity index is 2.10. The smallest absolute Gasteiger partial charge is 0.230 e. The second-order valence-corrected chi connectivity index (χ2v) is 6.05. The molecule has 0 unspecified atom stereocenters. The number of halogens is 1. The van der Waals surface area contributed by atoms with Crippen LogP contribution >= 0.6 is 23.4 Å². The van der Waals surface area contributed by atoms with E-state index in [0.717, 1.165) is 35.8 Å². The van der Waals surface area contributed by atoms with Crippen LogP contribution in [-0.2, 0) is 10.5 Å². The van der Waals surface area contributed by atoms with Crippen LogP contribution in [0.3, 0.4) is 0 Å². The Morgan fingerprint density at radius 1 is 1.42 bits per heavy atom. The Kier molecular flexibility index (Phi) is 7.94. The largest absolute Gasteiger partial charge is 0.355 e. The predicted octanol–water partition coefficient (Wildman–Crippen LogP) is 2.64. The molecule has 1 aromatic rings. The van der Waals surface area contributed by atoms with Crippen molar-refractivity contribution in [1.29, 1.82) is 0 Å². The van der Waals surface area contributed by atoms with Gasteiger partial charge in [-0.25, -0.2) is 0 Å². The van der Waals surface area contributed by atoms with Gasteiger partial charge in [-0.2, -0.15) is 0 Å². The van der Waals surface area contributed by atoms with Crippen LogP contribution < -0.4 is 5.32 Å². The summed E-state index contributed by atoms with van der Waals surface area (Å²) in [6.07, 6.45) is 0.984. The van der Waals surface area contributed by atoms with Crippen molar-refractivity contribution in [3.05, 3.63) is 34.9 Å². The number of carbonyl (C=O) groups excluding carboxylic acids is 1. The summed E-state index contributed by atoms with van der Waals surface area (Å²) in [5.41, 5.74) is 1.15. The number of carbonyl (C=O) groups is 1. The summed E-state index contributed by atoms with van der Waals surface area (Å²) in [6.45, 7) is 1.74. The quantitative estimate of drug-likeness (QED) is 0.749. The first-order valence-electron chi connectivity index (χ1n) is 6.31. The van der Waals surface area contributed by atoms with E-state index in [1.807, 2.05) is 38.4 Å². The van der Waals surface area contributed by atoms with Gasteiger partial charge in [0.05, 0.1) is 5.75 Å². The highest BCUT2D eigenvalue weighted by Gasteiger charge is 2.02. The molecule has 0 radical (unpaired) electrons. The number of benzene rings is 1. The predicted molar refractivity (Wildman–Crippen MR) is 83.8 cm³/mol. The minimum Gasteiger partial charge on any atom is -0.355 e. The van der Waals surface area contributed by atoms with Gasteiger partial charge in [0.2, 0.25) is 5.91 Å². The summed E-state index contributed by atoms with van der Waals surface area (Å²) in [7, 11) is 4.06. The van der Waals surface area contributed by atoms with E-state index in [1.54, 1.807) is 11.8 Å². The zero-order valence-electron chi connectivity index (χ0n) is 11.5. The fraction of sp³-hybridized carbons (Fsp3) is 0.500. The zero-order valence-corrected chi connectivity index (χ0v) is 13.1. The molecular weight excluding hydrogens is 280 g/mol. The van der Waals surface area contributed by atoms with Gasteiger partial charge in [-0.3, -0.25) is 4.79 Å². The molecule has 0 saturated carbocycles. The summed E-state index contributed by atoms with van der Waals surface area (Å²) in [4.78, 5) is 13.7. The Labute approximate surface area is 124 Å². The normalized spacial score (nSPS) is 10.7. The summed E-state index contributed by atoms with van der Waals surface area (Å²) in [5, 5.41) is 3.67. The fourth-order valence-corrected chi connectivity index (χ4v) is 2.58. The standard InChI is InChI=1S/C14H21ClN2OS/c1-17(2)8-4-7-16-14(18)11-19-10-12-5-3-6-13(15)9-12/h3,5-6,9H,4,7-8,10-11H2,1-2H3,(H,16,18). The second kappa shape index (κ2) is 9.23. The molecule has 1 rings (SSSR count). The first kappa shape index (κ1) is 16.3. The van der Waals surface area contributed by atoms with E-state index < -0.39 is 0 Å². The minimum atomic E-state index is 0.103. The molecule has 5 heteroatoms. The van der Waals surface area contributed by atoms with E-state index in [2.05, 4.69) is 10.2 Å². The molecule has 106 valence electrons. The summed E-state index contributed by atoms with van der Waals surface area (Å²) in [5.74, 6) is 1.41. The topological polar surface area (TPSA) is 32.3 Å². The fourth-order valence-electron chi connectivity index (χ4n) is 1.56. The molecule has 1 aromatic carbocycles. The molecule has 19 heavy (non-hydrogen) atoms. The lowest BCUT2D eigenvalue weighted by Crippen LogP contribution is -2.28. The van der Waals surface area contributed by atoms with Crippen LogP contribution in [0.15, 0.2) is 24.3 Å². The molecule has 0 saturated heterocycles. The highest BCUT2D eigenvalue weighted by atomic mass is 35.5. The van der Waals surface area contributed by atoms with Gasteiger partial charge in [0.25, 0.3) is 0 Å². The zero-order chi connectivity index (χ0) is 14.1. The van der Waals surface area contributed by atoms with E-state index in [4.69, 9.17) is 11.6 Å². The van der Waals surface area contributed by atoms with Gasteiger partial charge in [-0.1, -0.05) is 23.7 Å². The molecule has 0 bridgehead atoms. The van der Waals surface area contributed by atoms with Gasteiger partial charge in [0.1, 0.15) is 0 Å². The number of thioether (sulfide) groups is 1. The third-order valence-corrected chi connectivity index (χ3v) is 3.73. The molecule has 1 N–H and O–H groups in total. The van der Waals surface area contributed by atoms with Crippen molar-refractivity contribution in [3.63, 3.8) is 0 Å². The van der Waals surface area contributed by atoms with Crippen molar-refractivity contribution < 1.29 is 4.79 Å². The minimum absolute atomic E-state index is 0.103. The van der Waals surface area contributed by atoms with E-state index >= 15 is 0 Å². The number of hydrogen-bond acceptors (Lipinski definition) is 3. The van der Waals surface area contributed by atoms with Crippen LogP contribution in [0, 0.1) is 0 Å². The first-order chi connectivity index (χ1) is 9.08. The lowest BCUT2D eigenvalue weighted by Gasteiger charge is -2.09. The Morgan fingerprint density at radius 3 is 2.89 bits per heavy atom. The number of nitrogens with zero attached hydrogens (tertiary/aromatic N) is 1. The molecule has 0 aromatic heterocycles. The molecule has 0 aliphatic carbocycles. The van der Waals surface area contributed by atoms with Crippen LogP contribution in [0.1, 0.15) is 12.0 Å². The molecule has 0 aliphatic heterocycles. The summed E-state index contributed by atoms with van der Waals surface area (Å²) >= 11 is 7.51. The Bertz CT molecular complexity index is 399. The lowest BCUT2D eigenvalue weighted by atomic mass is 10.2. The molecule has 0 heterocycles. The summed E-state index contributed by atoms with van der Waals surface area (Å²) < 4.78 is 0. The Morgan fingerprint density at radius 2 is 2.21 bits per heavy atom. The van der Waals surface area contributed by atoms with E-state index in [9.17, 15) is 4.79 Å². The van der Waals surface area contributed by atoms with Gasteiger partial charge in [-0.15, -0.1) is 11.8 Å². The molecule has 0 spiro atoms. The van der Waals surface area contributed by atoms with Gasteiger partial charge < -0.3 is 10.2 Å². The maximum atomic E-state index is 11.6. The SMILES string of the molecule is CN(C)CCCNC(=O)CSCc1cccc(Cl)c1. The molecule has 1 amide bonds.